The van der Waals surface area contributed by atoms with Crippen LogP contribution in [0.1, 0.15) is 43.1 Å². The lowest BCUT2D eigenvalue weighted by Crippen LogP contribution is -2.59. The molecule has 1 spiro atoms. The van der Waals surface area contributed by atoms with Gasteiger partial charge in [-0.1, -0.05) is 32.9 Å². The predicted octanol–water partition coefficient (Wildman–Crippen LogP) is 2.42. The first kappa shape index (κ1) is 13.6. The van der Waals surface area contributed by atoms with Crippen LogP contribution in [0.3, 0.4) is 0 Å². The minimum Gasteiger partial charge on any atom is -0.337 e. The lowest BCUT2D eigenvalue weighted by atomic mass is 9.78. The summed E-state index contributed by atoms with van der Waals surface area (Å²) in [5, 5.41) is 3.40. The number of carbonyl (C=O) groups excluding carboxylic acids is 1. The van der Waals surface area contributed by atoms with E-state index < -0.39 is 0 Å². The number of nitrogens with zero attached hydrogens (tertiary/aromatic N) is 1. The summed E-state index contributed by atoms with van der Waals surface area (Å²) in [5.74, 6) is 0.183. The normalized spacial score (nSPS) is 21.1. The zero-order chi connectivity index (χ0) is 14.4. The Kier molecular flexibility index (Phi) is 3.13. The summed E-state index contributed by atoms with van der Waals surface area (Å²) in [4.78, 5) is 14.4. The number of amides is 1. The molecule has 2 fully saturated rings. The van der Waals surface area contributed by atoms with Crippen LogP contribution in [0, 0.1) is 5.41 Å². The average Bonchev–Trinajstić information content (AvgIpc) is 2.85. The van der Waals surface area contributed by atoms with E-state index in [9.17, 15) is 4.79 Å². The van der Waals surface area contributed by atoms with Crippen LogP contribution in [0.2, 0.25) is 0 Å². The molecule has 0 saturated carbocycles. The Labute approximate surface area is 121 Å². The van der Waals surface area contributed by atoms with Crippen molar-refractivity contribution in [3.8, 4) is 0 Å². The highest BCUT2D eigenvalue weighted by Crippen LogP contribution is 2.36. The molecule has 1 N–H and O–H groups in total. The van der Waals surface area contributed by atoms with Crippen molar-refractivity contribution in [1.29, 1.82) is 0 Å². The Morgan fingerprint density at radius 1 is 1.20 bits per heavy atom. The molecule has 1 aromatic carbocycles. The van der Waals surface area contributed by atoms with Crippen molar-refractivity contribution in [2.45, 2.75) is 32.6 Å². The maximum Gasteiger partial charge on any atom is 0.253 e. The van der Waals surface area contributed by atoms with E-state index in [0.717, 1.165) is 31.7 Å². The molecule has 3 nitrogen and oxygen atoms in total. The Bertz CT molecular complexity index is 499. The molecule has 20 heavy (non-hydrogen) atoms. The fourth-order valence-electron chi connectivity index (χ4n) is 3.27. The van der Waals surface area contributed by atoms with Gasteiger partial charge in [-0.25, -0.2) is 0 Å². The highest BCUT2D eigenvalue weighted by Gasteiger charge is 2.46. The lowest BCUT2D eigenvalue weighted by Gasteiger charge is -2.47. The van der Waals surface area contributed by atoms with Gasteiger partial charge in [-0.3, -0.25) is 4.79 Å². The first-order valence-corrected chi connectivity index (χ1v) is 7.50. The smallest absolute Gasteiger partial charge is 0.253 e. The van der Waals surface area contributed by atoms with Crippen LogP contribution in [-0.4, -0.2) is 37.0 Å². The van der Waals surface area contributed by atoms with E-state index in [4.69, 9.17) is 0 Å². The molecule has 3 heteroatoms. The van der Waals surface area contributed by atoms with Crippen molar-refractivity contribution in [3.05, 3.63) is 35.4 Å². The van der Waals surface area contributed by atoms with Gasteiger partial charge in [0.2, 0.25) is 0 Å². The fraction of sp³-hybridized carbons (Fsp3) is 0.588. The zero-order valence-corrected chi connectivity index (χ0v) is 12.7. The standard InChI is InChI=1S/C17H24N2O/c1-16(2,3)14-6-4-13(5-7-14)15(20)19-11-17(12-19)8-9-18-10-17/h4-7,18H,8-12H2,1-3H3. The lowest BCUT2D eigenvalue weighted by molar-refractivity contribution is 0.0159. The summed E-state index contributed by atoms with van der Waals surface area (Å²) in [6.45, 7) is 10.6. The highest BCUT2D eigenvalue weighted by atomic mass is 16.2. The van der Waals surface area contributed by atoms with E-state index in [1.165, 1.54) is 12.0 Å². The largest absolute Gasteiger partial charge is 0.337 e. The molecule has 0 aliphatic carbocycles. The van der Waals surface area contributed by atoms with Gasteiger partial charge < -0.3 is 10.2 Å². The van der Waals surface area contributed by atoms with Gasteiger partial charge in [-0.05, 0) is 36.1 Å². The Morgan fingerprint density at radius 2 is 1.85 bits per heavy atom. The minimum absolute atomic E-state index is 0.137. The monoisotopic (exact) mass is 272 g/mol. The molecule has 108 valence electrons. The summed E-state index contributed by atoms with van der Waals surface area (Å²) < 4.78 is 0. The number of hydrogen-bond acceptors (Lipinski definition) is 2. The quantitative estimate of drug-likeness (QED) is 0.851. The van der Waals surface area contributed by atoms with Crippen molar-refractivity contribution in [2.24, 2.45) is 5.41 Å². The van der Waals surface area contributed by atoms with Crippen molar-refractivity contribution in [3.63, 3.8) is 0 Å². The highest BCUT2D eigenvalue weighted by molar-refractivity contribution is 5.94. The summed E-state index contributed by atoms with van der Waals surface area (Å²) in [6.07, 6.45) is 1.21. The second-order valence-corrected chi connectivity index (χ2v) is 7.42. The third kappa shape index (κ3) is 2.35. The van der Waals surface area contributed by atoms with Crippen LogP contribution in [0.15, 0.2) is 24.3 Å². The molecule has 2 aliphatic rings. The molecule has 1 aromatic rings. The van der Waals surface area contributed by atoms with Gasteiger partial charge in [0.05, 0.1) is 0 Å². The number of likely N-dealkylation sites (tertiary alicyclic amines) is 1. The maximum atomic E-state index is 12.4. The van der Waals surface area contributed by atoms with Crippen LogP contribution >= 0.6 is 0 Å². The summed E-state index contributed by atoms with van der Waals surface area (Å²) >= 11 is 0. The Balaban J connectivity index is 1.66. The number of carbonyl (C=O) groups is 1. The molecule has 0 radical (unpaired) electrons. The summed E-state index contributed by atoms with van der Waals surface area (Å²) in [6, 6.07) is 8.11. The van der Waals surface area contributed by atoms with E-state index >= 15 is 0 Å². The molecule has 1 amide bonds. The molecule has 2 aliphatic heterocycles. The number of hydrogen-bond donors (Lipinski definition) is 1. The van der Waals surface area contributed by atoms with Gasteiger partial charge >= 0.3 is 0 Å². The van der Waals surface area contributed by atoms with Crippen molar-refractivity contribution >= 4 is 5.91 Å². The van der Waals surface area contributed by atoms with E-state index in [0.29, 0.717) is 5.41 Å². The number of benzene rings is 1. The predicted molar refractivity (Wildman–Crippen MR) is 81.0 cm³/mol. The van der Waals surface area contributed by atoms with Gasteiger partial charge in [0, 0.05) is 30.6 Å². The Hall–Kier alpha value is -1.35. The van der Waals surface area contributed by atoms with Crippen LogP contribution in [0.4, 0.5) is 0 Å². The van der Waals surface area contributed by atoms with E-state index in [1.54, 1.807) is 0 Å². The third-order valence-electron chi connectivity index (χ3n) is 4.67. The van der Waals surface area contributed by atoms with Gasteiger partial charge in [0.1, 0.15) is 0 Å². The van der Waals surface area contributed by atoms with Crippen molar-refractivity contribution in [2.75, 3.05) is 26.2 Å². The van der Waals surface area contributed by atoms with E-state index in [2.05, 4.69) is 38.2 Å². The topological polar surface area (TPSA) is 32.3 Å². The van der Waals surface area contributed by atoms with E-state index in [-0.39, 0.29) is 11.3 Å². The summed E-state index contributed by atoms with van der Waals surface area (Å²) in [5.41, 5.74) is 2.60. The molecular weight excluding hydrogens is 248 g/mol. The zero-order valence-electron chi connectivity index (χ0n) is 12.7. The van der Waals surface area contributed by atoms with Gasteiger partial charge in [-0.2, -0.15) is 0 Å². The molecular formula is C17H24N2O. The van der Waals surface area contributed by atoms with Crippen LogP contribution in [0.25, 0.3) is 0 Å². The molecule has 3 rings (SSSR count). The SMILES string of the molecule is CC(C)(C)c1ccc(C(=O)N2CC3(CCNC3)C2)cc1. The second-order valence-electron chi connectivity index (χ2n) is 7.42. The first-order valence-electron chi connectivity index (χ1n) is 7.50. The summed E-state index contributed by atoms with van der Waals surface area (Å²) in [7, 11) is 0. The first-order chi connectivity index (χ1) is 9.40. The minimum atomic E-state index is 0.137. The van der Waals surface area contributed by atoms with Crippen LogP contribution in [0.5, 0.6) is 0 Å². The molecule has 0 aromatic heterocycles. The van der Waals surface area contributed by atoms with Crippen molar-refractivity contribution < 1.29 is 4.79 Å². The molecule has 0 atom stereocenters. The van der Waals surface area contributed by atoms with E-state index in [1.807, 2.05) is 17.0 Å². The van der Waals surface area contributed by atoms with Gasteiger partial charge in [-0.15, -0.1) is 0 Å². The molecule has 2 saturated heterocycles. The van der Waals surface area contributed by atoms with Crippen LogP contribution in [-0.2, 0) is 5.41 Å². The van der Waals surface area contributed by atoms with Gasteiger partial charge in [0.15, 0.2) is 0 Å². The number of rotatable bonds is 1. The number of nitrogens with one attached hydrogen (secondary N) is 1. The second kappa shape index (κ2) is 4.59. The third-order valence-corrected chi connectivity index (χ3v) is 4.67. The molecule has 2 heterocycles. The van der Waals surface area contributed by atoms with Crippen molar-refractivity contribution in [1.82, 2.24) is 10.2 Å². The fourth-order valence-corrected chi connectivity index (χ4v) is 3.27. The van der Waals surface area contributed by atoms with Crippen LogP contribution < -0.4 is 5.32 Å². The average molecular weight is 272 g/mol. The Morgan fingerprint density at radius 3 is 2.35 bits per heavy atom. The maximum absolute atomic E-state index is 12.4. The van der Waals surface area contributed by atoms with Gasteiger partial charge in [0.25, 0.3) is 5.91 Å². The molecule has 0 unspecified atom stereocenters. The molecule has 0 bridgehead atoms.